The molecule has 0 aliphatic rings. The fraction of sp³-hybridized carbons (Fsp3) is 0.161. The number of nitrogens with zero attached hydrogens (tertiary/aromatic N) is 1. The number of pyridine rings is 1. The molecule has 40 heavy (non-hydrogen) atoms. The number of rotatable bonds is 7. The van der Waals surface area contributed by atoms with Gasteiger partial charge in [-0.1, -0.05) is 26.0 Å². The Labute approximate surface area is 229 Å². The number of hydrogen-bond donors (Lipinski definition) is 3. The third-order valence-electron chi connectivity index (χ3n) is 6.19. The molecule has 5 rings (SSSR count). The minimum atomic E-state index is -0.882. The Hall–Kier alpha value is -4.66. The van der Waals surface area contributed by atoms with Crippen LogP contribution in [0.1, 0.15) is 36.7 Å². The van der Waals surface area contributed by atoms with Gasteiger partial charge in [-0.05, 0) is 77.7 Å². The molecule has 1 unspecified atom stereocenters. The van der Waals surface area contributed by atoms with Crippen molar-refractivity contribution in [1.29, 1.82) is 0 Å². The summed E-state index contributed by atoms with van der Waals surface area (Å²) in [4.78, 5) is 20.7. The number of anilines is 1. The van der Waals surface area contributed by atoms with Crippen molar-refractivity contribution < 1.29 is 22.4 Å². The van der Waals surface area contributed by atoms with Crippen molar-refractivity contribution in [2.24, 2.45) is 0 Å². The summed E-state index contributed by atoms with van der Waals surface area (Å²) in [6.07, 6.45) is 1.49. The average Bonchev–Trinajstić information content (AvgIpc) is 3.30. The zero-order valence-corrected chi connectivity index (χ0v) is 21.9. The molecule has 4 N–H and O–H groups in total. The zero-order chi connectivity index (χ0) is 28.8. The molecule has 0 aliphatic carbocycles. The second-order valence-electron chi connectivity index (χ2n) is 8.96. The van der Waals surface area contributed by atoms with Crippen LogP contribution in [0.2, 0.25) is 0 Å². The maximum Gasteiger partial charge on any atom is 0.225 e. The number of H-pyrrole nitrogens is 1. The first-order chi connectivity index (χ1) is 19.2. The van der Waals surface area contributed by atoms with Crippen molar-refractivity contribution >= 4 is 22.6 Å². The summed E-state index contributed by atoms with van der Waals surface area (Å²) in [5.74, 6) is -2.73. The van der Waals surface area contributed by atoms with Gasteiger partial charge in [-0.3, -0.25) is 4.79 Å². The summed E-state index contributed by atoms with van der Waals surface area (Å²) in [6, 6.07) is 15.5. The van der Waals surface area contributed by atoms with Crippen molar-refractivity contribution in [3.05, 3.63) is 119 Å². The van der Waals surface area contributed by atoms with E-state index in [1.54, 1.807) is 30.5 Å². The highest BCUT2D eigenvalue weighted by Gasteiger charge is 2.23. The van der Waals surface area contributed by atoms with E-state index in [4.69, 9.17) is 5.73 Å². The highest BCUT2D eigenvalue weighted by Crippen LogP contribution is 2.31. The molecule has 3 aromatic carbocycles. The van der Waals surface area contributed by atoms with Crippen molar-refractivity contribution in [2.45, 2.75) is 32.7 Å². The van der Waals surface area contributed by atoms with Gasteiger partial charge in [-0.25, -0.2) is 22.5 Å². The number of carbonyl (C=O) groups is 1. The van der Waals surface area contributed by atoms with Crippen LogP contribution >= 0.6 is 0 Å². The minimum Gasteiger partial charge on any atom is -0.384 e. The fourth-order valence-corrected chi connectivity index (χ4v) is 4.55. The van der Waals surface area contributed by atoms with E-state index >= 15 is 0 Å². The number of aromatic nitrogens is 2. The lowest BCUT2D eigenvalue weighted by Crippen LogP contribution is -2.32. The van der Waals surface area contributed by atoms with Crippen molar-refractivity contribution in [3.8, 4) is 11.1 Å². The summed E-state index contributed by atoms with van der Waals surface area (Å²) in [5, 5.41) is 3.45. The molecule has 0 saturated heterocycles. The van der Waals surface area contributed by atoms with Gasteiger partial charge in [0.2, 0.25) is 5.91 Å². The predicted molar refractivity (Wildman–Crippen MR) is 148 cm³/mol. The maximum atomic E-state index is 14.1. The van der Waals surface area contributed by atoms with E-state index in [-0.39, 0.29) is 24.2 Å². The van der Waals surface area contributed by atoms with Gasteiger partial charge in [0.25, 0.3) is 0 Å². The number of nitrogen functional groups attached to an aromatic ring is 1. The number of carbonyl (C=O) groups excluding carboxylic acids is 1. The van der Waals surface area contributed by atoms with Gasteiger partial charge in [0.15, 0.2) is 0 Å². The van der Waals surface area contributed by atoms with Crippen LogP contribution in [0.3, 0.4) is 0 Å². The summed E-state index contributed by atoms with van der Waals surface area (Å²) in [7, 11) is 0. The van der Waals surface area contributed by atoms with Crippen molar-refractivity contribution in [1.82, 2.24) is 15.3 Å². The number of benzene rings is 3. The van der Waals surface area contributed by atoms with E-state index in [0.29, 0.717) is 33.3 Å². The summed E-state index contributed by atoms with van der Waals surface area (Å²) < 4.78 is 55.9. The number of fused-ring (bicyclic) bond motifs is 1. The number of aromatic amines is 1. The Morgan fingerprint density at radius 2 is 1.62 bits per heavy atom. The van der Waals surface area contributed by atoms with Crippen LogP contribution in [-0.2, 0) is 17.6 Å². The number of halogens is 4. The molecule has 9 heteroatoms. The summed E-state index contributed by atoms with van der Waals surface area (Å²) in [5.41, 5.74) is 8.78. The summed E-state index contributed by atoms with van der Waals surface area (Å²) >= 11 is 0. The Kier molecular flexibility index (Phi) is 8.83. The first kappa shape index (κ1) is 28.4. The molecular formula is C31H28F4N4O. The van der Waals surface area contributed by atoms with Gasteiger partial charge in [-0.2, -0.15) is 0 Å². The smallest absolute Gasteiger partial charge is 0.225 e. The molecule has 2 heterocycles. The van der Waals surface area contributed by atoms with Gasteiger partial charge >= 0.3 is 0 Å². The van der Waals surface area contributed by atoms with Gasteiger partial charge in [0.05, 0.1) is 18.2 Å². The van der Waals surface area contributed by atoms with E-state index in [0.717, 1.165) is 6.07 Å². The SMILES string of the molecule is CC.Nc1ccc(-c2cccc(F)c2)c(C(Cc2cc(F)cc(F)c2)NC(=O)Cc2c[nH]c3ccc(F)cc23)n1. The van der Waals surface area contributed by atoms with Crippen LogP contribution in [0.4, 0.5) is 23.4 Å². The number of nitrogens with two attached hydrogens (primary N) is 1. The molecule has 206 valence electrons. The van der Waals surface area contributed by atoms with E-state index < -0.39 is 35.2 Å². The van der Waals surface area contributed by atoms with Crippen LogP contribution in [0, 0.1) is 23.3 Å². The highest BCUT2D eigenvalue weighted by molar-refractivity contribution is 5.89. The monoisotopic (exact) mass is 548 g/mol. The van der Waals surface area contributed by atoms with Crippen molar-refractivity contribution in [2.75, 3.05) is 5.73 Å². The molecular weight excluding hydrogens is 520 g/mol. The van der Waals surface area contributed by atoms with Crippen molar-refractivity contribution in [3.63, 3.8) is 0 Å². The van der Waals surface area contributed by atoms with Gasteiger partial charge in [0, 0.05) is 28.7 Å². The Bertz CT molecular complexity index is 1630. The molecule has 0 spiro atoms. The lowest BCUT2D eigenvalue weighted by Gasteiger charge is -2.22. The molecule has 2 aromatic heterocycles. The molecule has 1 amide bonds. The highest BCUT2D eigenvalue weighted by atomic mass is 19.1. The summed E-state index contributed by atoms with van der Waals surface area (Å²) in [6.45, 7) is 4.00. The first-order valence-electron chi connectivity index (χ1n) is 12.8. The predicted octanol–water partition coefficient (Wildman–Crippen LogP) is 7.04. The Balaban J connectivity index is 0.00000181. The topological polar surface area (TPSA) is 83.8 Å². The number of amides is 1. The molecule has 0 bridgehead atoms. The van der Waals surface area contributed by atoms with Gasteiger partial charge < -0.3 is 16.0 Å². The molecule has 0 aliphatic heterocycles. The minimum absolute atomic E-state index is 0.0261. The number of hydrogen-bond acceptors (Lipinski definition) is 3. The van der Waals surface area contributed by atoms with E-state index in [1.807, 2.05) is 13.8 Å². The first-order valence-corrected chi connectivity index (χ1v) is 12.8. The molecule has 0 fully saturated rings. The Morgan fingerprint density at radius 3 is 2.35 bits per heavy atom. The quantitative estimate of drug-likeness (QED) is 0.191. The molecule has 0 radical (unpaired) electrons. The van der Waals surface area contributed by atoms with Crippen LogP contribution in [-0.4, -0.2) is 15.9 Å². The van der Waals surface area contributed by atoms with Crippen LogP contribution in [0.25, 0.3) is 22.0 Å². The normalized spacial score (nSPS) is 11.6. The van der Waals surface area contributed by atoms with Crippen LogP contribution < -0.4 is 11.1 Å². The third kappa shape index (κ3) is 6.66. The molecule has 1 atom stereocenters. The van der Waals surface area contributed by atoms with E-state index in [1.165, 1.54) is 42.5 Å². The van der Waals surface area contributed by atoms with Crippen LogP contribution in [0.5, 0.6) is 0 Å². The molecule has 0 saturated carbocycles. The van der Waals surface area contributed by atoms with E-state index in [2.05, 4.69) is 15.3 Å². The largest absolute Gasteiger partial charge is 0.384 e. The van der Waals surface area contributed by atoms with E-state index in [9.17, 15) is 22.4 Å². The zero-order valence-electron chi connectivity index (χ0n) is 21.9. The molecule has 5 nitrogen and oxygen atoms in total. The fourth-order valence-electron chi connectivity index (χ4n) is 4.55. The van der Waals surface area contributed by atoms with Gasteiger partial charge in [0.1, 0.15) is 29.1 Å². The average molecular weight is 549 g/mol. The molecule has 5 aromatic rings. The Morgan fingerprint density at radius 1 is 0.900 bits per heavy atom. The standard InChI is InChI=1S/C29H22F4N4O.C2H6/c30-19-3-1-2-17(11-19)23-5-7-27(34)37-29(23)26(10-16-8-21(32)13-22(33)9-16)36-28(38)12-18-15-35-25-6-4-20(31)14-24(18)25;1-2/h1-9,11,13-15,26,35H,10,12H2,(H2,34,37)(H,36,38);1-2H3. The van der Waals surface area contributed by atoms with Crippen LogP contribution in [0.15, 0.2) is 79.0 Å². The second kappa shape index (κ2) is 12.5. The third-order valence-corrected chi connectivity index (χ3v) is 6.19. The lowest BCUT2D eigenvalue weighted by molar-refractivity contribution is -0.121. The second-order valence-corrected chi connectivity index (χ2v) is 8.96. The number of nitrogens with one attached hydrogen (secondary N) is 2. The van der Waals surface area contributed by atoms with Gasteiger partial charge in [-0.15, -0.1) is 0 Å². The maximum absolute atomic E-state index is 14.1. The lowest BCUT2D eigenvalue weighted by atomic mass is 9.95.